The van der Waals surface area contributed by atoms with Gasteiger partial charge in [0.05, 0.1) is 17.7 Å². The first-order chi connectivity index (χ1) is 19.4. The van der Waals surface area contributed by atoms with Gasteiger partial charge in [-0.1, -0.05) is 20.3 Å². The van der Waals surface area contributed by atoms with Crippen molar-refractivity contribution < 1.29 is 43.4 Å². The number of piperidine rings is 1. The second kappa shape index (κ2) is 10.3. The number of nitrogens with zero attached hydrogens (tertiary/aromatic N) is 2. The van der Waals surface area contributed by atoms with Crippen LogP contribution in [0.15, 0.2) is 0 Å². The van der Waals surface area contributed by atoms with Gasteiger partial charge in [-0.3, -0.25) is 9.69 Å². The molecule has 3 aliphatic heterocycles. The Labute approximate surface area is 247 Å². The summed E-state index contributed by atoms with van der Waals surface area (Å²) in [6.07, 6.45) is 1.59. The quantitative estimate of drug-likeness (QED) is 0.378. The van der Waals surface area contributed by atoms with Crippen molar-refractivity contribution in [2.75, 3.05) is 13.1 Å². The number of amides is 3. The summed E-state index contributed by atoms with van der Waals surface area (Å²) in [4.78, 5) is 53.4. The Morgan fingerprint density at radius 2 is 1.83 bits per heavy atom. The number of hydrogen-bond acceptors (Lipinski definition) is 7. The van der Waals surface area contributed by atoms with Crippen molar-refractivity contribution in [1.82, 2.24) is 15.1 Å². The van der Waals surface area contributed by atoms with Crippen molar-refractivity contribution >= 4 is 31.2 Å². The summed E-state index contributed by atoms with van der Waals surface area (Å²) in [7, 11) is -0.400. The number of likely N-dealkylation sites (tertiary alicyclic amines) is 2. The molecule has 2 unspecified atom stereocenters. The van der Waals surface area contributed by atoms with E-state index in [1.165, 1.54) is 0 Å². The number of alkyl carbamates (subject to hydrolysis) is 1. The molecule has 8 atom stereocenters. The molecule has 234 valence electrons. The first-order valence-electron chi connectivity index (χ1n) is 15.3. The van der Waals surface area contributed by atoms with Crippen molar-refractivity contribution in [3.8, 4) is 0 Å². The van der Waals surface area contributed by atoms with Crippen LogP contribution >= 0.6 is 0 Å². The Morgan fingerprint density at radius 1 is 1.14 bits per heavy atom. The van der Waals surface area contributed by atoms with Gasteiger partial charge < -0.3 is 34.5 Å². The summed E-state index contributed by atoms with van der Waals surface area (Å²) >= 11 is 0. The van der Waals surface area contributed by atoms with Gasteiger partial charge >= 0.3 is 25.3 Å². The second-order valence-corrected chi connectivity index (χ2v) is 14.8. The lowest BCUT2D eigenvalue weighted by Crippen LogP contribution is -2.65. The van der Waals surface area contributed by atoms with E-state index < -0.39 is 60.3 Å². The first kappa shape index (κ1) is 30.9. The van der Waals surface area contributed by atoms with Gasteiger partial charge in [0.25, 0.3) is 0 Å². The first-order valence-corrected chi connectivity index (χ1v) is 15.3. The lowest BCUT2D eigenvalue weighted by molar-refractivity contribution is -0.199. The number of fused-ring (bicyclic) bond motifs is 2. The monoisotopic (exact) mass is 591 g/mol. The standard InChI is InChI=1S/C29H46BN3O9/c1-16(31-24(37)40-26(2,3)4)22(34)32-12-10-29(23(35)36)18(19(32)15-33(29)25(38)39)9-8-11-30-41-21-14-17-13-20(27(17,5)6)28(21,7)42-30/h16-21H,8-15H2,1-7H3,(H,31,37)(H,35,36)(H,38,39)/t16-,17-,18?,19?,20-,21+,28-,29+/m0/s1. The van der Waals surface area contributed by atoms with Crippen molar-refractivity contribution in [2.45, 2.75) is 122 Å². The molecule has 0 spiro atoms. The van der Waals surface area contributed by atoms with Crippen molar-refractivity contribution in [1.29, 1.82) is 0 Å². The molecule has 3 amide bonds. The summed E-state index contributed by atoms with van der Waals surface area (Å²) < 4.78 is 18.2. The highest BCUT2D eigenvalue weighted by atomic mass is 16.7. The van der Waals surface area contributed by atoms with Crippen molar-refractivity contribution in [3.63, 3.8) is 0 Å². The van der Waals surface area contributed by atoms with Gasteiger partial charge in [-0.2, -0.15) is 0 Å². The molecule has 42 heavy (non-hydrogen) atoms. The molecule has 13 heteroatoms. The maximum Gasteiger partial charge on any atom is 0.457 e. The summed E-state index contributed by atoms with van der Waals surface area (Å²) in [5.74, 6) is -1.15. The fourth-order valence-electron chi connectivity index (χ4n) is 8.80. The molecule has 6 aliphatic rings. The van der Waals surface area contributed by atoms with Crippen LogP contribution in [-0.2, 0) is 23.6 Å². The number of hydrogen-bond donors (Lipinski definition) is 3. The molecule has 0 aromatic heterocycles. The van der Waals surface area contributed by atoms with Crippen LogP contribution in [0.5, 0.6) is 0 Å². The Kier molecular flexibility index (Phi) is 7.57. The molecule has 3 saturated carbocycles. The van der Waals surface area contributed by atoms with Gasteiger partial charge in [-0.25, -0.2) is 14.4 Å². The molecular formula is C29H46BN3O9. The van der Waals surface area contributed by atoms with E-state index in [0.717, 1.165) is 17.7 Å². The zero-order valence-electron chi connectivity index (χ0n) is 25.8. The molecule has 12 nitrogen and oxygen atoms in total. The van der Waals surface area contributed by atoms with E-state index in [1.807, 2.05) is 0 Å². The average molecular weight is 592 g/mol. The number of carboxylic acid groups (broad SMARTS) is 2. The minimum absolute atomic E-state index is 0.0323. The van der Waals surface area contributed by atoms with Crippen molar-refractivity contribution in [3.05, 3.63) is 0 Å². The molecule has 3 saturated heterocycles. The van der Waals surface area contributed by atoms with Crippen LogP contribution in [-0.4, -0.2) is 99.2 Å². The molecule has 0 radical (unpaired) electrons. The van der Waals surface area contributed by atoms with Gasteiger partial charge in [-0.15, -0.1) is 0 Å². The zero-order chi connectivity index (χ0) is 31.0. The van der Waals surface area contributed by atoms with Crippen molar-refractivity contribution in [2.24, 2.45) is 23.2 Å². The van der Waals surface area contributed by atoms with Crippen LogP contribution in [0.1, 0.15) is 80.6 Å². The minimum atomic E-state index is -1.63. The van der Waals surface area contributed by atoms with E-state index >= 15 is 0 Å². The van der Waals surface area contributed by atoms with Gasteiger partial charge in [0.2, 0.25) is 5.91 Å². The van der Waals surface area contributed by atoms with E-state index in [9.17, 15) is 29.4 Å². The highest BCUT2D eigenvalue weighted by Gasteiger charge is 2.68. The van der Waals surface area contributed by atoms with Crippen LogP contribution in [0.3, 0.4) is 0 Å². The van der Waals surface area contributed by atoms with Crippen LogP contribution in [0.2, 0.25) is 6.32 Å². The van der Waals surface area contributed by atoms with Gasteiger partial charge in [0.1, 0.15) is 17.2 Å². The maximum atomic E-state index is 13.5. The zero-order valence-corrected chi connectivity index (χ0v) is 25.8. The Hall–Kier alpha value is -2.54. The summed E-state index contributed by atoms with van der Waals surface area (Å²) in [5, 5.41) is 23.0. The Balaban J connectivity index is 1.28. The van der Waals surface area contributed by atoms with E-state index in [2.05, 4.69) is 26.1 Å². The summed E-state index contributed by atoms with van der Waals surface area (Å²) in [6.45, 7) is 13.4. The van der Waals surface area contributed by atoms with E-state index in [1.54, 1.807) is 32.6 Å². The topological polar surface area (TPSA) is 155 Å². The molecular weight excluding hydrogens is 545 g/mol. The fourth-order valence-corrected chi connectivity index (χ4v) is 8.80. The molecule has 3 heterocycles. The molecule has 0 aromatic carbocycles. The maximum absolute atomic E-state index is 13.5. The molecule has 6 rings (SSSR count). The number of carboxylic acids is 1. The third-order valence-electron chi connectivity index (χ3n) is 11.0. The summed E-state index contributed by atoms with van der Waals surface area (Å²) in [6, 6.07) is -1.57. The lowest BCUT2D eigenvalue weighted by Gasteiger charge is -2.64. The molecule has 3 N–H and O–H groups in total. The normalized spacial score (nSPS) is 37.0. The highest BCUT2D eigenvalue weighted by Crippen LogP contribution is 2.65. The smallest absolute Gasteiger partial charge is 0.457 e. The van der Waals surface area contributed by atoms with Crippen LogP contribution < -0.4 is 5.32 Å². The number of carbonyl (C=O) groups is 4. The SMILES string of the molecule is C[C@H](NC(=O)OC(C)(C)C)C(=O)N1CC[C@]2(C(=O)O)C(CCCB3O[C@@H]4C[C@@H]5C[C@@H](C5(C)C)[C@]4(C)O3)C1CN2C(=O)O. The predicted octanol–water partition coefficient (Wildman–Crippen LogP) is 3.44. The van der Waals surface area contributed by atoms with Crippen LogP contribution in [0.4, 0.5) is 9.59 Å². The molecule has 0 aromatic rings. The van der Waals surface area contributed by atoms with E-state index in [-0.39, 0.29) is 36.6 Å². The fraction of sp³-hybridized carbons (Fsp3) is 0.862. The molecule has 6 fully saturated rings. The lowest BCUT2D eigenvalue weighted by atomic mass is 9.43. The van der Waals surface area contributed by atoms with Gasteiger partial charge in [0, 0.05) is 19.0 Å². The van der Waals surface area contributed by atoms with E-state index in [4.69, 9.17) is 14.0 Å². The summed E-state index contributed by atoms with van der Waals surface area (Å²) in [5.41, 5.74) is -2.48. The van der Waals surface area contributed by atoms with Crippen LogP contribution in [0, 0.1) is 23.2 Å². The third kappa shape index (κ3) is 4.84. The largest absolute Gasteiger partial charge is 0.479 e. The number of carbonyl (C=O) groups excluding carboxylic acids is 2. The van der Waals surface area contributed by atoms with Gasteiger partial charge in [-0.05, 0) is 83.9 Å². The minimum Gasteiger partial charge on any atom is -0.479 e. The average Bonchev–Trinajstić information content (AvgIpc) is 3.31. The number of ether oxygens (including phenoxy) is 1. The third-order valence-corrected chi connectivity index (χ3v) is 11.0. The van der Waals surface area contributed by atoms with Crippen LogP contribution in [0.25, 0.3) is 0 Å². The Morgan fingerprint density at radius 3 is 2.43 bits per heavy atom. The molecule has 4 bridgehead atoms. The number of aliphatic carboxylic acids is 1. The number of rotatable bonds is 7. The van der Waals surface area contributed by atoms with Gasteiger partial charge in [0.15, 0.2) is 0 Å². The Bertz CT molecular complexity index is 1140. The number of nitrogens with one attached hydrogen (secondary N) is 1. The molecule has 3 aliphatic carbocycles. The predicted molar refractivity (Wildman–Crippen MR) is 152 cm³/mol. The van der Waals surface area contributed by atoms with E-state index in [0.29, 0.717) is 31.0 Å². The highest BCUT2D eigenvalue weighted by molar-refractivity contribution is 6.45. The second-order valence-electron chi connectivity index (χ2n) is 14.8.